The van der Waals surface area contributed by atoms with E-state index < -0.39 is 0 Å². The van der Waals surface area contributed by atoms with Crippen molar-refractivity contribution in [2.75, 3.05) is 5.73 Å². The first-order valence-electron chi connectivity index (χ1n) is 5.92. The monoisotopic (exact) mass is 264 g/mol. The molecular formula is C13H17ClN4. The number of nitrogens with two attached hydrogens (primary N) is 1. The Balaban J connectivity index is 2.44. The highest BCUT2D eigenvalue weighted by Gasteiger charge is 2.13. The van der Waals surface area contributed by atoms with Crippen LogP contribution in [0.15, 0.2) is 18.2 Å². The minimum atomic E-state index is 0.525. The van der Waals surface area contributed by atoms with Crippen molar-refractivity contribution in [3.05, 3.63) is 29.0 Å². The number of rotatable bonds is 3. The fourth-order valence-corrected chi connectivity index (χ4v) is 2.04. The van der Waals surface area contributed by atoms with Gasteiger partial charge in [0.05, 0.1) is 5.02 Å². The largest absolute Gasteiger partial charge is 0.399 e. The van der Waals surface area contributed by atoms with Gasteiger partial charge < -0.3 is 5.73 Å². The van der Waals surface area contributed by atoms with Gasteiger partial charge in [0.2, 0.25) is 0 Å². The Labute approximate surface area is 112 Å². The molecule has 0 aliphatic rings. The quantitative estimate of drug-likeness (QED) is 0.868. The highest BCUT2D eigenvalue weighted by Crippen LogP contribution is 2.28. The van der Waals surface area contributed by atoms with E-state index in [1.165, 1.54) is 0 Å². The molecule has 2 N–H and O–H groups in total. The zero-order chi connectivity index (χ0) is 13.3. The van der Waals surface area contributed by atoms with Gasteiger partial charge in [-0.1, -0.05) is 25.4 Å². The van der Waals surface area contributed by atoms with Gasteiger partial charge in [-0.15, -0.1) is 0 Å². The van der Waals surface area contributed by atoms with Gasteiger partial charge in [0.1, 0.15) is 0 Å². The van der Waals surface area contributed by atoms with Gasteiger partial charge in [0.25, 0.3) is 0 Å². The summed E-state index contributed by atoms with van der Waals surface area (Å²) in [5.41, 5.74) is 7.28. The third-order valence-electron chi connectivity index (χ3n) is 2.63. The lowest BCUT2D eigenvalue weighted by Crippen LogP contribution is -1.98. The molecule has 0 saturated heterocycles. The molecule has 0 aliphatic carbocycles. The Morgan fingerprint density at radius 2 is 2.11 bits per heavy atom. The van der Waals surface area contributed by atoms with Crippen molar-refractivity contribution in [3.63, 3.8) is 0 Å². The second-order valence-corrected chi connectivity index (χ2v) is 5.22. The summed E-state index contributed by atoms with van der Waals surface area (Å²) in [5.74, 6) is 2.11. The summed E-state index contributed by atoms with van der Waals surface area (Å²) in [6.45, 7) is 4.28. The Bertz CT molecular complexity index is 560. The number of hydrogen-bond acceptors (Lipinski definition) is 3. The smallest absolute Gasteiger partial charge is 0.159 e. The van der Waals surface area contributed by atoms with Crippen molar-refractivity contribution >= 4 is 17.3 Å². The number of halogens is 1. The van der Waals surface area contributed by atoms with E-state index >= 15 is 0 Å². The van der Waals surface area contributed by atoms with Crippen molar-refractivity contribution in [2.45, 2.75) is 20.3 Å². The van der Waals surface area contributed by atoms with Crippen LogP contribution in [0.25, 0.3) is 11.4 Å². The molecule has 2 aromatic rings. The lowest BCUT2D eigenvalue weighted by atomic mass is 10.1. The van der Waals surface area contributed by atoms with Gasteiger partial charge in [-0.2, -0.15) is 5.10 Å². The van der Waals surface area contributed by atoms with Gasteiger partial charge in [-0.3, -0.25) is 0 Å². The normalized spacial score (nSPS) is 11.2. The van der Waals surface area contributed by atoms with Crippen molar-refractivity contribution < 1.29 is 0 Å². The number of nitrogens with zero attached hydrogens (tertiary/aromatic N) is 3. The molecule has 1 aromatic carbocycles. The van der Waals surface area contributed by atoms with Crippen molar-refractivity contribution in [1.29, 1.82) is 0 Å². The van der Waals surface area contributed by atoms with Crippen LogP contribution in [-0.2, 0) is 13.5 Å². The topological polar surface area (TPSA) is 56.7 Å². The summed E-state index contributed by atoms with van der Waals surface area (Å²) in [6, 6.07) is 5.38. The van der Waals surface area contributed by atoms with Crippen LogP contribution in [0.1, 0.15) is 19.7 Å². The Hall–Kier alpha value is -1.55. The average molecular weight is 265 g/mol. The van der Waals surface area contributed by atoms with E-state index in [-0.39, 0.29) is 0 Å². The number of benzene rings is 1. The van der Waals surface area contributed by atoms with E-state index in [1.54, 1.807) is 16.8 Å². The molecule has 0 saturated carbocycles. The first-order valence-corrected chi connectivity index (χ1v) is 6.30. The van der Waals surface area contributed by atoms with Crippen LogP contribution in [0, 0.1) is 5.92 Å². The van der Waals surface area contributed by atoms with Crippen molar-refractivity contribution in [3.8, 4) is 11.4 Å². The van der Waals surface area contributed by atoms with Gasteiger partial charge in [0, 0.05) is 24.7 Å². The van der Waals surface area contributed by atoms with Gasteiger partial charge >= 0.3 is 0 Å². The summed E-state index contributed by atoms with van der Waals surface area (Å²) >= 11 is 6.18. The predicted molar refractivity (Wildman–Crippen MR) is 74.4 cm³/mol. The fraction of sp³-hybridized carbons (Fsp3) is 0.385. The second kappa shape index (κ2) is 4.98. The van der Waals surface area contributed by atoms with Gasteiger partial charge in [-0.25, -0.2) is 9.67 Å². The molecule has 0 unspecified atom stereocenters. The first-order chi connectivity index (χ1) is 8.47. The Morgan fingerprint density at radius 1 is 1.39 bits per heavy atom. The number of nitrogen functional groups attached to an aromatic ring is 1. The number of aromatic nitrogens is 3. The van der Waals surface area contributed by atoms with Crippen LogP contribution in [-0.4, -0.2) is 14.8 Å². The third kappa shape index (κ3) is 2.64. The van der Waals surface area contributed by atoms with E-state index in [4.69, 9.17) is 17.3 Å². The summed E-state index contributed by atoms with van der Waals surface area (Å²) in [4.78, 5) is 4.53. The number of anilines is 1. The minimum absolute atomic E-state index is 0.525. The molecule has 0 aliphatic heterocycles. The van der Waals surface area contributed by atoms with E-state index in [0.717, 1.165) is 23.6 Å². The van der Waals surface area contributed by atoms with Crippen LogP contribution in [0.2, 0.25) is 5.02 Å². The highest BCUT2D eigenvalue weighted by atomic mass is 35.5. The maximum Gasteiger partial charge on any atom is 0.159 e. The summed E-state index contributed by atoms with van der Waals surface area (Å²) in [7, 11) is 1.87. The molecule has 0 amide bonds. The van der Waals surface area contributed by atoms with Crippen LogP contribution in [0.5, 0.6) is 0 Å². The first kappa shape index (κ1) is 12.9. The standard InChI is InChI=1S/C13H17ClN4/c1-8(2)6-12-16-13(18(3)17-12)10-7-9(15)4-5-11(10)14/h4-5,7-8H,6,15H2,1-3H3. The highest BCUT2D eigenvalue weighted by molar-refractivity contribution is 6.33. The van der Waals surface area contributed by atoms with Crippen LogP contribution in [0.4, 0.5) is 5.69 Å². The molecule has 0 atom stereocenters. The Kier molecular flexibility index (Phi) is 3.57. The second-order valence-electron chi connectivity index (χ2n) is 4.81. The molecule has 4 nitrogen and oxygen atoms in total. The van der Waals surface area contributed by atoms with Gasteiger partial charge in [-0.05, 0) is 24.1 Å². The lowest BCUT2D eigenvalue weighted by Gasteiger charge is -2.04. The maximum atomic E-state index is 6.18. The molecule has 96 valence electrons. The maximum absolute atomic E-state index is 6.18. The van der Waals surface area contributed by atoms with Crippen molar-refractivity contribution in [1.82, 2.24) is 14.8 Å². The molecule has 2 rings (SSSR count). The number of aryl methyl sites for hydroxylation is 1. The third-order valence-corrected chi connectivity index (χ3v) is 2.96. The molecule has 0 fully saturated rings. The predicted octanol–water partition coefficient (Wildman–Crippen LogP) is 2.92. The number of hydrogen-bond donors (Lipinski definition) is 1. The van der Waals surface area contributed by atoms with Crippen LogP contribution in [0.3, 0.4) is 0 Å². The molecule has 18 heavy (non-hydrogen) atoms. The molecule has 5 heteroatoms. The summed E-state index contributed by atoms with van der Waals surface area (Å²) < 4.78 is 1.75. The molecule has 1 heterocycles. The minimum Gasteiger partial charge on any atom is -0.399 e. The van der Waals surface area contributed by atoms with Crippen LogP contribution >= 0.6 is 11.6 Å². The van der Waals surface area contributed by atoms with E-state index in [0.29, 0.717) is 16.6 Å². The zero-order valence-electron chi connectivity index (χ0n) is 10.8. The molecule has 0 bridgehead atoms. The van der Waals surface area contributed by atoms with Gasteiger partial charge in [0.15, 0.2) is 11.6 Å². The molecule has 0 radical (unpaired) electrons. The van der Waals surface area contributed by atoms with E-state index in [2.05, 4.69) is 23.9 Å². The fourth-order valence-electron chi connectivity index (χ4n) is 1.84. The van der Waals surface area contributed by atoms with E-state index in [1.807, 2.05) is 13.1 Å². The van der Waals surface area contributed by atoms with E-state index in [9.17, 15) is 0 Å². The average Bonchev–Trinajstić information content (AvgIpc) is 2.62. The summed E-state index contributed by atoms with van der Waals surface area (Å²) in [5, 5.41) is 5.04. The zero-order valence-corrected chi connectivity index (χ0v) is 11.6. The molecule has 0 spiro atoms. The SMILES string of the molecule is CC(C)Cc1nc(-c2cc(N)ccc2Cl)n(C)n1. The summed E-state index contributed by atoms with van der Waals surface area (Å²) in [6.07, 6.45) is 0.855. The van der Waals surface area contributed by atoms with Crippen LogP contribution < -0.4 is 5.73 Å². The lowest BCUT2D eigenvalue weighted by molar-refractivity contribution is 0.613. The molecular weight excluding hydrogens is 248 g/mol. The van der Waals surface area contributed by atoms with Crippen molar-refractivity contribution in [2.24, 2.45) is 13.0 Å². The Morgan fingerprint density at radius 3 is 2.78 bits per heavy atom. The molecule has 1 aromatic heterocycles.